The van der Waals surface area contributed by atoms with E-state index in [1.807, 2.05) is 68.0 Å². The van der Waals surface area contributed by atoms with Gasteiger partial charge >= 0.3 is 0 Å². The van der Waals surface area contributed by atoms with Gasteiger partial charge in [0.25, 0.3) is 5.56 Å². The van der Waals surface area contributed by atoms with Gasteiger partial charge in [-0.05, 0) is 48.2 Å². The molecule has 0 spiro atoms. The molecule has 4 aromatic carbocycles. The van der Waals surface area contributed by atoms with Gasteiger partial charge in [0, 0.05) is 17.5 Å². The van der Waals surface area contributed by atoms with Crippen LogP contribution in [-0.2, 0) is 12.1 Å². The predicted molar refractivity (Wildman–Crippen MR) is 162 cm³/mol. The van der Waals surface area contributed by atoms with Crippen LogP contribution in [0.1, 0.15) is 33.6 Å². The van der Waals surface area contributed by atoms with Gasteiger partial charge in [-0.2, -0.15) is 0 Å². The van der Waals surface area contributed by atoms with Crippen molar-refractivity contribution in [1.29, 1.82) is 0 Å². The fraction of sp³-hybridized carbons (Fsp3) is 0.111. The number of hydrogen-bond donors (Lipinski definition) is 0. The van der Waals surface area contributed by atoms with Crippen LogP contribution in [0.3, 0.4) is 0 Å². The van der Waals surface area contributed by atoms with Crippen molar-refractivity contribution in [3.63, 3.8) is 0 Å². The van der Waals surface area contributed by atoms with E-state index in [-0.39, 0.29) is 5.56 Å². The topological polar surface area (TPSA) is 39.8 Å². The maximum Gasteiger partial charge on any atom is 0.258 e. The van der Waals surface area contributed by atoms with E-state index >= 15 is 0 Å². The maximum atomic E-state index is 13.6. The quantitative estimate of drug-likeness (QED) is 0.208. The van der Waals surface area contributed by atoms with Gasteiger partial charge in [0.2, 0.25) is 0 Å². The minimum Gasteiger partial charge on any atom is -0.316 e. The first-order chi connectivity index (χ1) is 19.6. The van der Waals surface area contributed by atoms with Gasteiger partial charge in [-0.1, -0.05) is 121 Å². The van der Waals surface area contributed by atoms with Crippen molar-refractivity contribution in [2.45, 2.75) is 25.9 Å². The van der Waals surface area contributed by atoms with Crippen LogP contribution in [-0.4, -0.2) is 14.1 Å². The van der Waals surface area contributed by atoms with E-state index in [1.165, 1.54) is 0 Å². The average Bonchev–Trinajstić information content (AvgIpc) is 3.36. The van der Waals surface area contributed by atoms with Gasteiger partial charge in [-0.15, -0.1) is 0 Å². The number of pyridine rings is 1. The molecule has 0 radical (unpaired) electrons. The largest absolute Gasteiger partial charge is 0.316 e. The summed E-state index contributed by atoms with van der Waals surface area (Å²) >= 11 is 0. The Morgan fingerprint density at radius 2 is 1.25 bits per heavy atom. The van der Waals surface area contributed by atoms with Crippen LogP contribution in [0, 0.1) is 13.8 Å². The van der Waals surface area contributed by atoms with E-state index in [2.05, 4.69) is 90.4 Å². The van der Waals surface area contributed by atoms with Crippen molar-refractivity contribution in [2.24, 2.45) is 0 Å². The summed E-state index contributed by atoms with van der Waals surface area (Å²) < 4.78 is 4.02. The third-order valence-corrected chi connectivity index (χ3v) is 7.71. The van der Waals surface area contributed by atoms with E-state index in [9.17, 15) is 4.79 Å². The van der Waals surface area contributed by atoms with Crippen molar-refractivity contribution in [3.05, 3.63) is 184 Å². The Morgan fingerprint density at radius 1 is 0.675 bits per heavy atom. The molecule has 0 aliphatic heterocycles. The van der Waals surface area contributed by atoms with E-state index in [1.54, 1.807) is 4.57 Å². The molecule has 0 unspecified atom stereocenters. The van der Waals surface area contributed by atoms with Gasteiger partial charge in [-0.3, -0.25) is 4.79 Å². The molecule has 0 aliphatic carbocycles. The standard InChI is InChI=1S/C36H31N3O/c1-27-14-12-15-29(24-27)33-22-13-23-38(35(33)40)25-34-28(2)39(26-37-34)36(30-16-6-3-7-17-30,31-18-8-4-9-19-31)32-20-10-5-11-21-32/h3-24,26H,25H2,1-2H3. The predicted octanol–water partition coefficient (Wildman–Crippen LogP) is 7.22. The Bertz CT molecular complexity index is 1710. The first-order valence-corrected chi connectivity index (χ1v) is 13.6. The Kier molecular flexibility index (Phi) is 6.75. The minimum absolute atomic E-state index is 0.0255. The fourth-order valence-electron chi connectivity index (χ4n) is 5.75. The highest BCUT2D eigenvalue weighted by atomic mass is 16.1. The van der Waals surface area contributed by atoms with Gasteiger partial charge in [-0.25, -0.2) is 4.98 Å². The van der Waals surface area contributed by atoms with Crippen LogP contribution in [0.4, 0.5) is 0 Å². The van der Waals surface area contributed by atoms with Gasteiger partial charge in [0.1, 0.15) is 5.54 Å². The van der Waals surface area contributed by atoms with E-state index in [4.69, 9.17) is 4.98 Å². The highest BCUT2D eigenvalue weighted by Gasteiger charge is 2.39. The van der Waals surface area contributed by atoms with E-state index in [0.29, 0.717) is 12.1 Å². The zero-order valence-corrected chi connectivity index (χ0v) is 22.7. The van der Waals surface area contributed by atoms with Crippen molar-refractivity contribution in [3.8, 4) is 11.1 Å². The van der Waals surface area contributed by atoms with Gasteiger partial charge in [0.15, 0.2) is 0 Å². The molecular formula is C36H31N3O. The van der Waals surface area contributed by atoms with Crippen molar-refractivity contribution in [1.82, 2.24) is 14.1 Å². The summed E-state index contributed by atoms with van der Waals surface area (Å²) in [7, 11) is 0. The van der Waals surface area contributed by atoms with E-state index in [0.717, 1.165) is 39.2 Å². The fourth-order valence-corrected chi connectivity index (χ4v) is 5.75. The third-order valence-electron chi connectivity index (χ3n) is 7.71. The molecule has 4 nitrogen and oxygen atoms in total. The number of imidazole rings is 1. The Labute approximate surface area is 234 Å². The SMILES string of the molecule is Cc1cccc(-c2cccn(Cc3ncn(C(c4ccccc4)(c4ccccc4)c4ccccc4)c3C)c2=O)c1. The lowest BCUT2D eigenvalue weighted by molar-refractivity contribution is 0.502. The molecule has 196 valence electrons. The lowest BCUT2D eigenvalue weighted by atomic mass is 9.76. The molecule has 4 heteroatoms. The zero-order valence-electron chi connectivity index (χ0n) is 22.7. The van der Waals surface area contributed by atoms with Crippen molar-refractivity contribution < 1.29 is 0 Å². The number of aryl methyl sites for hydroxylation is 1. The lowest BCUT2D eigenvalue weighted by Crippen LogP contribution is -2.38. The molecule has 6 rings (SSSR count). The molecular weight excluding hydrogens is 490 g/mol. The summed E-state index contributed by atoms with van der Waals surface area (Å²) in [6.45, 7) is 4.52. The Balaban J connectivity index is 1.52. The molecule has 0 bridgehead atoms. The van der Waals surface area contributed by atoms with Gasteiger partial charge in [0.05, 0.1) is 18.6 Å². The molecule has 2 heterocycles. The van der Waals surface area contributed by atoms with Crippen molar-refractivity contribution >= 4 is 0 Å². The van der Waals surface area contributed by atoms with Crippen LogP contribution in [0.5, 0.6) is 0 Å². The molecule has 40 heavy (non-hydrogen) atoms. The molecule has 0 N–H and O–H groups in total. The normalized spacial score (nSPS) is 11.4. The molecule has 0 saturated heterocycles. The summed E-state index contributed by atoms with van der Waals surface area (Å²) in [5, 5.41) is 0. The number of hydrogen-bond acceptors (Lipinski definition) is 2. The molecule has 2 aromatic heterocycles. The molecule has 0 amide bonds. The van der Waals surface area contributed by atoms with Gasteiger partial charge < -0.3 is 9.13 Å². The molecule has 0 aliphatic rings. The second kappa shape index (κ2) is 10.7. The van der Waals surface area contributed by atoms with Crippen molar-refractivity contribution in [2.75, 3.05) is 0 Å². The first kappa shape index (κ1) is 25.3. The smallest absolute Gasteiger partial charge is 0.258 e. The number of aromatic nitrogens is 3. The number of nitrogens with zero attached hydrogens (tertiary/aromatic N) is 3. The summed E-state index contributed by atoms with van der Waals surface area (Å²) in [6, 6.07) is 43.6. The van der Waals surface area contributed by atoms with Crippen LogP contribution < -0.4 is 5.56 Å². The molecule has 6 aromatic rings. The number of benzene rings is 4. The Hall–Kier alpha value is -4.96. The van der Waals surface area contributed by atoms with Crippen LogP contribution in [0.25, 0.3) is 11.1 Å². The molecule has 0 fully saturated rings. The second-order valence-corrected chi connectivity index (χ2v) is 10.2. The summed E-state index contributed by atoms with van der Waals surface area (Å²) in [6.07, 6.45) is 3.77. The average molecular weight is 522 g/mol. The molecule has 0 atom stereocenters. The second-order valence-electron chi connectivity index (χ2n) is 10.2. The highest BCUT2D eigenvalue weighted by Crippen LogP contribution is 2.41. The maximum absolute atomic E-state index is 13.6. The van der Waals surface area contributed by atoms with Crippen LogP contribution in [0.2, 0.25) is 0 Å². The summed E-state index contributed by atoms with van der Waals surface area (Å²) in [4.78, 5) is 18.5. The monoisotopic (exact) mass is 521 g/mol. The van der Waals surface area contributed by atoms with E-state index < -0.39 is 5.54 Å². The zero-order chi connectivity index (χ0) is 27.5. The Morgan fingerprint density at radius 3 is 1.80 bits per heavy atom. The first-order valence-electron chi connectivity index (χ1n) is 13.6. The lowest BCUT2D eigenvalue weighted by Gasteiger charge is -2.38. The summed E-state index contributed by atoms with van der Waals surface area (Å²) in [5.41, 5.74) is 7.35. The van der Waals surface area contributed by atoms with Crippen LogP contribution >= 0.6 is 0 Å². The summed E-state index contributed by atoms with van der Waals surface area (Å²) in [5.74, 6) is 0. The third kappa shape index (κ3) is 4.38. The minimum atomic E-state index is -0.645. The van der Waals surface area contributed by atoms with Crippen LogP contribution in [0.15, 0.2) is 145 Å². The highest BCUT2D eigenvalue weighted by molar-refractivity contribution is 5.63. The molecule has 0 saturated carbocycles. The number of rotatable bonds is 7.